The van der Waals surface area contributed by atoms with Crippen molar-refractivity contribution >= 4 is 11.8 Å². The second-order valence-electron chi connectivity index (χ2n) is 5.70. The Hall–Kier alpha value is -1.85. The molecule has 3 rings (SSSR count). The number of H-pyrrole nitrogens is 1. The number of rotatable bonds is 4. The van der Waals surface area contributed by atoms with Crippen molar-refractivity contribution in [2.45, 2.75) is 32.2 Å². The number of piperidine rings is 1. The van der Waals surface area contributed by atoms with Crippen molar-refractivity contribution in [2.24, 2.45) is 11.8 Å². The average Bonchev–Trinajstić information content (AvgIpc) is 3.20. The van der Waals surface area contributed by atoms with Crippen LogP contribution in [0.4, 0.5) is 0 Å². The summed E-state index contributed by atoms with van der Waals surface area (Å²) in [5, 5.41) is 9.57. The molecule has 1 aliphatic heterocycles. The molecule has 0 bridgehead atoms. The van der Waals surface area contributed by atoms with Gasteiger partial charge in [-0.05, 0) is 31.7 Å². The maximum absolute atomic E-state index is 12.2. The molecule has 1 saturated carbocycles. The summed E-state index contributed by atoms with van der Waals surface area (Å²) in [6, 6.07) is 1.84. The quantitative estimate of drug-likeness (QED) is 0.848. The van der Waals surface area contributed by atoms with Crippen LogP contribution in [0, 0.1) is 11.8 Å². The molecule has 2 heterocycles. The summed E-state index contributed by atoms with van der Waals surface area (Å²) in [5.74, 6) is 0.445. The Morgan fingerprint density at radius 3 is 2.90 bits per heavy atom. The van der Waals surface area contributed by atoms with Crippen LogP contribution in [0.15, 0.2) is 12.3 Å². The van der Waals surface area contributed by atoms with Crippen molar-refractivity contribution in [1.82, 2.24) is 20.4 Å². The molecule has 1 saturated heterocycles. The number of carbonyl (C=O) groups excluding carboxylic acids is 2. The summed E-state index contributed by atoms with van der Waals surface area (Å²) in [6.07, 6.45) is 5.49. The molecule has 2 amide bonds. The Balaban J connectivity index is 1.50. The Labute approximate surface area is 117 Å². The third kappa shape index (κ3) is 3.00. The van der Waals surface area contributed by atoms with E-state index in [1.807, 2.05) is 11.0 Å². The third-order valence-electron chi connectivity index (χ3n) is 4.04. The molecule has 0 aromatic carbocycles. The van der Waals surface area contributed by atoms with Gasteiger partial charge in [-0.15, -0.1) is 0 Å². The van der Waals surface area contributed by atoms with E-state index in [0.29, 0.717) is 13.1 Å². The summed E-state index contributed by atoms with van der Waals surface area (Å²) < 4.78 is 0. The standard InChI is InChI=1S/C14H20N4O2/c19-13(15-8-12-5-6-16-17-12)11-2-1-7-18(9-11)14(20)10-3-4-10/h5-6,10-11H,1-4,7-9H2,(H,15,19)(H,16,17). The minimum absolute atomic E-state index is 0.0351. The highest BCUT2D eigenvalue weighted by molar-refractivity contribution is 5.83. The highest BCUT2D eigenvalue weighted by Crippen LogP contribution is 2.32. The van der Waals surface area contributed by atoms with E-state index in [1.54, 1.807) is 6.20 Å². The Kier molecular flexibility index (Phi) is 3.71. The van der Waals surface area contributed by atoms with Gasteiger partial charge in [-0.25, -0.2) is 0 Å². The lowest BCUT2D eigenvalue weighted by Gasteiger charge is -2.32. The lowest BCUT2D eigenvalue weighted by atomic mass is 9.96. The van der Waals surface area contributed by atoms with Gasteiger partial charge in [0, 0.05) is 25.2 Å². The van der Waals surface area contributed by atoms with Gasteiger partial charge in [0.1, 0.15) is 0 Å². The fourth-order valence-electron chi connectivity index (χ4n) is 2.69. The summed E-state index contributed by atoms with van der Waals surface area (Å²) in [4.78, 5) is 26.1. The monoisotopic (exact) mass is 276 g/mol. The number of aromatic amines is 1. The van der Waals surface area contributed by atoms with E-state index in [4.69, 9.17) is 0 Å². The minimum Gasteiger partial charge on any atom is -0.350 e. The predicted octanol–water partition coefficient (Wildman–Crippen LogP) is 0.674. The zero-order valence-electron chi connectivity index (χ0n) is 11.5. The molecule has 1 aliphatic carbocycles. The number of likely N-dealkylation sites (tertiary alicyclic amines) is 1. The number of nitrogens with one attached hydrogen (secondary N) is 2. The largest absolute Gasteiger partial charge is 0.350 e. The van der Waals surface area contributed by atoms with Gasteiger partial charge in [0.15, 0.2) is 0 Å². The third-order valence-corrected chi connectivity index (χ3v) is 4.04. The molecule has 2 fully saturated rings. The molecule has 1 atom stereocenters. The first kappa shape index (κ1) is 13.1. The van der Waals surface area contributed by atoms with Crippen LogP contribution >= 0.6 is 0 Å². The van der Waals surface area contributed by atoms with E-state index >= 15 is 0 Å². The smallest absolute Gasteiger partial charge is 0.225 e. The Morgan fingerprint density at radius 2 is 2.20 bits per heavy atom. The topological polar surface area (TPSA) is 78.1 Å². The van der Waals surface area contributed by atoms with E-state index in [0.717, 1.165) is 37.9 Å². The fourth-order valence-corrected chi connectivity index (χ4v) is 2.69. The second-order valence-corrected chi connectivity index (χ2v) is 5.70. The molecule has 1 aromatic heterocycles. The van der Waals surface area contributed by atoms with Crippen LogP contribution in [-0.2, 0) is 16.1 Å². The normalized spacial score (nSPS) is 22.6. The van der Waals surface area contributed by atoms with Gasteiger partial charge in [0.05, 0.1) is 18.2 Å². The molecule has 6 nitrogen and oxygen atoms in total. The van der Waals surface area contributed by atoms with Crippen molar-refractivity contribution in [3.63, 3.8) is 0 Å². The second kappa shape index (κ2) is 5.64. The Bertz CT molecular complexity index is 481. The average molecular weight is 276 g/mol. The molecule has 0 radical (unpaired) electrons. The maximum atomic E-state index is 12.2. The maximum Gasteiger partial charge on any atom is 0.225 e. The molecule has 20 heavy (non-hydrogen) atoms. The van der Waals surface area contributed by atoms with E-state index < -0.39 is 0 Å². The van der Waals surface area contributed by atoms with Crippen molar-refractivity contribution in [3.8, 4) is 0 Å². The number of nitrogens with zero attached hydrogens (tertiary/aromatic N) is 2. The highest BCUT2D eigenvalue weighted by Gasteiger charge is 2.36. The van der Waals surface area contributed by atoms with Crippen LogP contribution in [0.1, 0.15) is 31.4 Å². The minimum atomic E-state index is -0.0747. The first-order valence-electron chi connectivity index (χ1n) is 7.29. The molecule has 2 aliphatic rings. The molecule has 1 aromatic rings. The number of amides is 2. The van der Waals surface area contributed by atoms with Crippen LogP contribution in [0.3, 0.4) is 0 Å². The number of hydrogen-bond donors (Lipinski definition) is 2. The zero-order valence-corrected chi connectivity index (χ0v) is 11.5. The predicted molar refractivity (Wildman–Crippen MR) is 72.5 cm³/mol. The van der Waals surface area contributed by atoms with Gasteiger partial charge in [-0.3, -0.25) is 14.7 Å². The van der Waals surface area contributed by atoms with E-state index in [-0.39, 0.29) is 23.7 Å². The number of carbonyl (C=O) groups is 2. The first-order chi connectivity index (χ1) is 9.74. The van der Waals surface area contributed by atoms with Crippen molar-refractivity contribution < 1.29 is 9.59 Å². The fraction of sp³-hybridized carbons (Fsp3) is 0.643. The van der Waals surface area contributed by atoms with Gasteiger partial charge in [0.25, 0.3) is 0 Å². The van der Waals surface area contributed by atoms with E-state index in [2.05, 4.69) is 15.5 Å². The van der Waals surface area contributed by atoms with Crippen LogP contribution < -0.4 is 5.32 Å². The molecule has 2 N–H and O–H groups in total. The van der Waals surface area contributed by atoms with Crippen molar-refractivity contribution in [3.05, 3.63) is 18.0 Å². The van der Waals surface area contributed by atoms with Gasteiger partial charge in [0.2, 0.25) is 11.8 Å². The summed E-state index contributed by atoms with van der Waals surface area (Å²) in [7, 11) is 0. The number of hydrogen-bond acceptors (Lipinski definition) is 3. The summed E-state index contributed by atoms with van der Waals surface area (Å²) in [5.41, 5.74) is 0.889. The first-order valence-corrected chi connectivity index (χ1v) is 7.29. The Morgan fingerprint density at radius 1 is 1.35 bits per heavy atom. The van der Waals surface area contributed by atoms with E-state index in [9.17, 15) is 9.59 Å². The summed E-state index contributed by atoms with van der Waals surface area (Å²) in [6.45, 7) is 1.84. The van der Waals surface area contributed by atoms with Gasteiger partial charge in [-0.1, -0.05) is 0 Å². The molecular weight excluding hydrogens is 256 g/mol. The molecule has 108 valence electrons. The lowest BCUT2D eigenvalue weighted by molar-refractivity contribution is -0.136. The van der Waals surface area contributed by atoms with Gasteiger partial charge < -0.3 is 10.2 Å². The van der Waals surface area contributed by atoms with Crippen molar-refractivity contribution in [1.29, 1.82) is 0 Å². The van der Waals surface area contributed by atoms with E-state index in [1.165, 1.54) is 0 Å². The summed E-state index contributed by atoms with van der Waals surface area (Å²) >= 11 is 0. The van der Waals surface area contributed by atoms with Crippen molar-refractivity contribution in [2.75, 3.05) is 13.1 Å². The lowest BCUT2D eigenvalue weighted by Crippen LogP contribution is -2.45. The molecular formula is C14H20N4O2. The SMILES string of the molecule is O=C(NCc1ccn[nH]1)C1CCCN(C(=O)C2CC2)C1. The van der Waals surface area contributed by atoms with Crippen LogP contribution in [-0.4, -0.2) is 40.0 Å². The van der Waals surface area contributed by atoms with Gasteiger partial charge in [-0.2, -0.15) is 5.10 Å². The van der Waals surface area contributed by atoms with Crippen LogP contribution in [0.2, 0.25) is 0 Å². The van der Waals surface area contributed by atoms with Gasteiger partial charge >= 0.3 is 0 Å². The number of aromatic nitrogens is 2. The zero-order chi connectivity index (χ0) is 13.9. The van der Waals surface area contributed by atoms with Crippen LogP contribution in [0.5, 0.6) is 0 Å². The molecule has 6 heteroatoms. The molecule has 0 spiro atoms. The molecule has 1 unspecified atom stereocenters. The van der Waals surface area contributed by atoms with Crippen LogP contribution in [0.25, 0.3) is 0 Å². The highest BCUT2D eigenvalue weighted by atomic mass is 16.2.